The summed E-state index contributed by atoms with van der Waals surface area (Å²) in [6.07, 6.45) is 0. The van der Waals surface area contributed by atoms with Gasteiger partial charge in [-0.3, -0.25) is 14.9 Å². The Bertz CT molecular complexity index is 1070. The molecule has 2 aliphatic rings. The molecule has 28 heavy (non-hydrogen) atoms. The highest BCUT2D eigenvalue weighted by molar-refractivity contribution is 6.04. The first-order valence-corrected chi connectivity index (χ1v) is 8.56. The molecule has 1 aromatic heterocycles. The van der Waals surface area contributed by atoms with Crippen molar-refractivity contribution < 1.29 is 23.2 Å². The van der Waals surface area contributed by atoms with E-state index in [4.69, 9.17) is 4.42 Å². The zero-order valence-corrected chi connectivity index (χ0v) is 14.9. The van der Waals surface area contributed by atoms with Gasteiger partial charge in [-0.15, -0.1) is 0 Å². The van der Waals surface area contributed by atoms with E-state index >= 15 is 0 Å². The van der Waals surface area contributed by atoms with Crippen LogP contribution < -0.4 is 10.6 Å². The molecule has 1 saturated heterocycles. The Morgan fingerprint density at radius 2 is 1.89 bits per heavy atom. The minimum absolute atomic E-state index is 0.0931. The summed E-state index contributed by atoms with van der Waals surface area (Å²) in [5.74, 6) is -0.379. The van der Waals surface area contributed by atoms with Crippen molar-refractivity contribution in [2.75, 3.05) is 7.05 Å². The minimum Gasteiger partial charge on any atom is -0.458 e. The summed E-state index contributed by atoms with van der Waals surface area (Å²) in [6, 6.07) is 12.3. The molecule has 1 unspecified atom stereocenters. The molecule has 1 fully saturated rings. The fourth-order valence-corrected chi connectivity index (χ4v) is 3.18. The van der Waals surface area contributed by atoms with Crippen LogP contribution in [0.2, 0.25) is 0 Å². The third kappa shape index (κ3) is 3.20. The Morgan fingerprint density at radius 1 is 1.11 bits per heavy atom. The maximum absolute atomic E-state index is 12.7. The predicted molar refractivity (Wildman–Crippen MR) is 97.8 cm³/mol. The van der Waals surface area contributed by atoms with Crippen molar-refractivity contribution in [2.24, 2.45) is 0 Å². The largest absolute Gasteiger partial charge is 0.458 e. The average Bonchev–Trinajstić information content (AvgIpc) is 3.32. The zero-order valence-electron chi connectivity index (χ0n) is 14.9. The molecule has 0 bridgehead atoms. The van der Waals surface area contributed by atoms with Gasteiger partial charge in [0.05, 0.1) is 0 Å². The predicted octanol–water partition coefficient (Wildman–Crippen LogP) is 2.72. The van der Waals surface area contributed by atoms with Crippen LogP contribution in [0, 0.1) is 5.82 Å². The molecule has 1 atom stereocenters. The molecule has 8 heteroatoms. The molecule has 0 aliphatic carbocycles. The lowest BCUT2D eigenvalue weighted by Gasteiger charge is -2.04. The number of hydrogen-bond donors (Lipinski definition) is 2. The molecule has 0 radical (unpaired) electrons. The van der Waals surface area contributed by atoms with Crippen LogP contribution >= 0.6 is 0 Å². The van der Waals surface area contributed by atoms with E-state index in [1.807, 2.05) is 24.3 Å². The number of benzene rings is 2. The number of halogens is 1. The highest BCUT2D eigenvalue weighted by Crippen LogP contribution is 2.25. The number of imide groups is 1. The minimum atomic E-state index is -0.722. The number of furan rings is 1. The monoisotopic (exact) mass is 381 g/mol. The van der Waals surface area contributed by atoms with Gasteiger partial charge in [0, 0.05) is 24.5 Å². The lowest BCUT2D eigenvalue weighted by molar-refractivity contribution is -0.120. The topological polar surface area (TPSA) is 91.7 Å². The molecule has 2 aliphatic heterocycles. The number of hydrogen-bond acceptors (Lipinski definition) is 4. The van der Waals surface area contributed by atoms with E-state index in [0.29, 0.717) is 23.5 Å². The van der Waals surface area contributed by atoms with E-state index in [9.17, 15) is 18.8 Å². The SMILES string of the molecule is CN1Cc2ccc(F)cc2C1=O.O=C1NC(=O)C(c2cc3ccccc3o2)N1. The summed E-state index contributed by atoms with van der Waals surface area (Å²) in [6.45, 7) is 0.592. The van der Waals surface area contributed by atoms with Crippen molar-refractivity contribution in [2.45, 2.75) is 12.6 Å². The van der Waals surface area contributed by atoms with Crippen LogP contribution in [-0.2, 0) is 11.3 Å². The smallest absolute Gasteiger partial charge is 0.322 e. The Kier molecular flexibility index (Phi) is 4.31. The number of nitrogens with zero attached hydrogens (tertiary/aromatic N) is 1. The molecule has 3 aromatic rings. The van der Waals surface area contributed by atoms with Crippen LogP contribution in [0.4, 0.5) is 9.18 Å². The van der Waals surface area contributed by atoms with Gasteiger partial charge in [-0.25, -0.2) is 9.18 Å². The lowest BCUT2D eigenvalue weighted by Crippen LogP contribution is -2.22. The third-order valence-electron chi connectivity index (χ3n) is 4.56. The summed E-state index contributed by atoms with van der Waals surface area (Å²) in [5, 5.41) is 5.56. The van der Waals surface area contributed by atoms with E-state index in [0.717, 1.165) is 10.9 Å². The second-order valence-corrected chi connectivity index (χ2v) is 6.55. The van der Waals surface area contributed by atoms with Crippen LogP contribution in [0.1, 0.15) is 27.7 Å². The Morgan fingerprint density at radius 3 is 2.61 bits per heavy atom. The molecule has 7 nitrogen and oxygen atoms in total. The van der Waals surface area contributed by atoms with Crippen LogP contribution in [-0.4, -0.2) is 29.8 Å². The van der Waals surface area contributed by atoms with Gasteiger partial charge in [0.25, 0.3) is 11.8 Å². The summed E-state index contributed by atoms with van der Waals surface area (Å²) in [5.41, 5.74) is 2.10. The first kappa shape index (κ1) is 17.7. The second kappa shape index (κ2) is 6.80. The van der Waals surface area contributed by atoms with E-state index in [-0.39, 0.29) is 17.6 Å². The number of urea groups is 1. The molecular formula is C20H16FN3O4. The van der Waals surface area contributed by atoms with Gasteiger partial charge in [-0.05, 0) is 29.8 Å². The molecule has 3 heterocycles. The van der Waals surface area contributed by atoms with Gasteiger partial charge in [0.1, 0.15) is 17.2 Å². The van der Waals surface area contributed by atoms with Gasteiger partial charge in [-0.2, -0.15) is 0 Å². The van der Waals surface area contributed by atoms with Gasteiger partial charge in [0.15, 0.2) is 6.04 Å². The van der Waals surface area contributed by atoms with Crippen molar-refractivity contribution in [3.63, 3.8) is 0 Å². The fraction of sp³-hybridized carbons (Fsp3) is 0.150. The van der Waals surface area contributed by atoms with E-state index in [1.165, 1.54) is 12.1 Å². The first-order chi connectivity index (χ1) is 13.4. The maximum atomic E-state index is 12.7. The highest BCUT2D eigenvalue weighted by Gasteiger charge is 2.33. The van der Waals surface area contributed by atoms with Gasteiger partial charge >= 0.3 is 6.03 Å². The normalized spacial score (nSPS) is 17.9. The first-order valence-electron chi connectivity index (χ1n) is 8.56. The zero-order chi connectivity index (χ0) is 19.8. The number of nitrogens with one attached hydrogen (secondary N) is 2. The maximum Gasteiger partial charge on any atom is 0.322 e. The molecule has 4 amide bonds. The Labute approximate surface area is 159 Å². The number of rotatable bonds is 1. The van der Waals surface area contributed by atoms with Crippen LogP contribution in [0.15, 0.2) is 52.9 Å². The standard InChI is InChI=1S/C11H8N2O3.C9H8FNO/c14-10-9(12-11(15)13-10)8-5-6-3-1-2-4-7(6)16-8;1-11-5-6-2-3-7(10)4-8(6)9(11)12/h1-5,9H,(H2,12,13,14,15);2-4H,5H2,1H3. The fourth-order valence-electron chi connectivity index (χ4n) is 3.18. The lowest BCUT2D eigenvalue weighted by atomic mass is 10.1. The second-order valence-electron chi connectivity index (χ2n) is 6.55. The number of amides is 4. The van der Waals surface area contributed by atoms with E-state index < -0.39 is 12.1 Å². The number of fused-ring (bicyclic) bond motifs is 2. The van der Waals surface area contributed by atoms with Crippen LogP contribution in [0.25, 0.3) is 11.0 Å². The number of para-hydroxylation sites is 1. The molecule has 2 aromatic carbocycles. The van der Waals surface area contributed by atoms with Crippen molar-refractivity contribution in [1.29, 1.82) is 0 Å². The molecule has 5 rings (SSSR count). The number of carbonyl (C=O) groups excluding carboxylic acids is 3. The quantitative estimate of drug-likeness (QED) is 0.634. The van der Waals surface area contributed by atoms with Crippen molar-refractivity contribution in [3.05, 3.63) is 71.2 Å². The Balaban J connectivity index is 0.000000143. The molecule has 0 saturated carbocycles. The summed E-state index contributed by atoms with van der Waals surface area (Å²) in [7, 11) is 1.71. The van der Waals surface area contributed by atoms with Crippen LogP contribution in [0.5, 0.6) is 0 Å². The summed E-state index contributed by atoms with van der Waals surface area (Å²) < 4.78 is 18.2. The Hall–Kier alpha value is -3.68. The number of carbonyl (C=O) groups is 3. The molecular weight excluding hydrogens is 365 g/mol. The van der Waals surface area contributed by atoms with Crippen molar-refractivity contribution >= 4 is 28.8 Å². The highest BCUT2D eigenvalue weighted by atomic mass is 19.1. The van der Waals surface area contributed by atoms with Crippen molar-refractivity contribution in [3.8, 4) is 0 Å². The van der Waals surface area contributed by atoms with Gasteiger partial charge < -0.3 is 14.6 Å². The summed E-state index contributed by atoms with van der Waals surface area (Å²) >= 11 is 0. The summed E-state index contributed by atoms with van der Waals surface area (Å²) in [4.78, 5) is 35.3. The van der Waals surface area contributed by atoms with Gasteiger partial charge in [-0.1, -0.05) is 24.3 Å². The van der Waals surface area contributed by atoms with Crippen LogP contribution in [0.3, 0.4) is 0 Å². The average molecular weight is 381 g/mol. The van der Waals surface area contributed by atoms with Crippen molar-refractivity contribution in [1.82, 2.24) is 15.5 Å². The van der Waals surface area contributed by atoms with E-state index in [2.05, 4.69) is 10.6 Å². The molecule has 0 spiro atoms. The van der Waals surface area contributed by atoms with Gasteiger partial charge in [0.2, 0.25) is 0 Å². The third-order valence-corrected chi connectivity index (χ3v) is 4.56. The molecule has 2 N–H and O–H groups in total. The van der Waals surface area contributed by atoms with E-state index in [1.54, 1.807) is 24.1 Å². The molecule has 142 valence electrons.